The molecule has 0 fully saturated rings. The van der Waals surface area contributed by atoms with E-state index in [0.717, 1.165) is 0 Å². The van der Waals surface area contributed by atoms with Crippen LogP contribution >= 0.6 is 11.6 Å². The molecule has 0 rings (SSSR count). The summed E-state index contributed by atoms with van der Waals surface area (Å²) in [6, 6.07) is 0. The van der Waals surface area contributed by atoms with Crippen molar-refractivity contribution in [3.63, 3.8) is 0 Å². The monoisotopic (exact) mass is 180 g/mol. The number of alkyl halides is 1. The van der Waals surface area contributed by atoms with Crippen molar-refractivity contribution in [1.29, 1.82) is 0 Å². The Morgan fingerprint density at radius 3 is 2.50 bits per heavy atom. The van der Waals surface area contributed by atoms with Crippen molar-refractivity contribution in [1.82, 2.24) is 0 Å². The molecule has 0 aliphatic heterocycles. The number of carbonyl (C=O) groups is 1. The molecule has 0 aliphatic carbocycles. The molecule has 0 N–H and O–H groups in total. The Labute approximate surface area is 68.2 Å². The SMILES string of the molecule is CCC(Cl)C(=O)O[SiH](C)C. The molecule has 0 spiro atoms. The van der Waals surface area contributed by atoms with Gasteiger partial charge in [-0.25, -0.2) is 0 Å². The smallest absolute Gasteiger partial charge is 0.310 e. The van der Waals surface area contributed by atoms with Crippen LogP contribution in [0, 0.1) is 0 Å². The van der Waals surface area contributed by atoms with Gasteiger partial charge in [0, 0.05) is 0 Å². The molecule has 0 radical (unpaired) electrons. The maximum Gasteiger partial charge on any atom is 0.310 e. The summed E-state index contributed by atoms with van der Waals surface area (Å²) in [7, 11) is -1.23. The summed E-state index contributed by atoms with van der Waals surface area (Å²) in [5, 5.41) is -0.449. The molecule has 2 nitrogen and oxygen atoms in total. The van der Waals surface area contributed by atoms with E-state index in [4.69, 9.17) is 16.0 Å². The summed E-state index contributed by atoms with van der Waals surface area (Å²) in [6.07, 6.45) is 0.640. The minimum absolute atomic E-state index is 0.258. The lowest BCUT2D eigenvalue weighted by Crippen LogP contribution is -2.22. The van der Waals surface area contributed by atoms with Gasteiger partial charge in [0.1, 0.15) is 5.38 Å². The van der Waals surface area contributed by atoms with Crippen molar-refractivity contribution in [3.8, 4) is 0 Å². The number of hydrogen-bond donors (Lipinski definition) is 0. The van der Waals surface area contributed by atoms with E-state index in [9.17, 15) is 4.79 Å². The summed E-state index contributed by atoms with van der Waals surface area (Å²) >= 11 is 5.61. The lowest BCUT2D eigenvalue weighted by atomic mass is 10.3. The fourth-order valence-corrected chi connectivity index (χ4v) is 1.24. The molecule has 1 unspecified atom stereocenters. The Balaban J connectivity index is 3.62. The van der Waals surface area contributed by atoms with Crippen LogP contribution in [0.4, 0.5) is 0 Å². The summed E-state index contributed by atoms with van der Waals surface area (Å²) in [5.74, 6) is -0.258. The second kappa shape index (κ2) is 4.74. The van der Waals surface area contributed by atoms with Gasteiger partial charge in [0.05, 0.1) is 0 Å². The Bertz CT molecular complexity index is 116. The Hall–Kier alpha value is -0.0231. The lowest BCUT2D eigenvalue weighted by molar-refractivity contribution is -0.134. The molecule has 60 valence electrons. The van der Waals surface area contributed by atoms with E-state index < -0.39 is 14.4 Å². The van der Waals surface area contributed by atoms with Crippen LogP contribution in [0.1, 0.15) is 13.3 Å². The van der Waals surface area contributed by atoms with E-state index in [2.05, 4.69) is 0 Å². The third kappa shape index (κ3) is 3.90. The molecule has 0 bridgehead atoms. The highest BCUT2D eigenvalue weighted by Crippen LogP contribution is 2.04. The van der Waals surface area contributed by atoms with Gasteiger partial charge in [-0.15, -0.1) is 11.6 Å². The zero-order chi connectivity index (χ0) is 8.15. The standard InChI is InChI=1S/C6H13ClO2Si/c1-4-5(7)6(8)9-10(2)3/h5,10H,4H2,1-3H3. The first kappa shape index (κ1) is 9.98. The van der Waals surface area contributed by atoms with Gasteiger partial charge in [0.25, 0.3) is 0 Å². The maximum absolute atomic E-state index is 10.9. The fourth-order valence-electron chi connectivity index (χ4n) is 0.473. The van der Waals surface area contributed by atoms with Gasteiger partial charge in [0.2, 0.25) is 9.04 Å². The van der Waals surface area contributed by atoms with Crippen LogP contribution in [0.2, 0.25) is 13.1 Å². The quantitative estimate of drug-likeness (QED) is 0.487. The second-order valence-corrected chi connectivity index (χ2v) is 5.22. The first-order valence-corrected chi connectivity index (χ1v) is 6.64. The van der Waals surface area contributed by atoms with Crippen LogP contribution in [0.15, 0.2) is 0 Å². The number of halogens is 1. The van der Waals surface area contributed by atoms with Gasteiger partial charge >= 0.3 is 5.97 Å². The average Bonchev–Trinajstić information content (AvgIpc) is 1.85. The van der Waals surface area contributed by atoms with E-state index in [1.165, 1.54) is 0 Å². The van der Waals surface area contributed by atoms with Crippen molar-refractivity contribution in [2.24, 2.45) is 0 Å². The normalized spacial score (nSPS) is 13.3. The minimum Gasteiger partial charge on any atom is -0.521 e. The van der Waals surface area contributed by atoms with Crippen molar-refractivity contribution in [3.05, 3.63) is 0 Å². The molecule has 0 amide bonds. The van der Waals surface area contributed by atoms with Crippen LogP contribution in [0.3, 0.4) is 0 Å². The fraction of sp³-hybridized carbons (Fsp3) is 0.833. The molecule has 1 atom stereocenters. The van der Waals surface area contributed by atoms with E-state index >= 15 is 0 Å². The average molecular weight is 181 g/mol. The second-order valence-electron chi connectivity index (χ2n) is 2.36. The van der Waals surface area contributed by atoms with E-state index in [1.54, 1.807) is 0 Å². The van der Waals surface area contributed by atoms with Gasteiger partial charge in [-0.3, -0.25) is 4.79 Å². The van der Waals surface area contributed by atoms with Crippen LogP contribution in [-0.4, -0.2) is 20.4 Å². The highest BCUT2D eigenvalue weighted by atomic mass is 35.5. The third-order valence-electron chi connectivity index (χ3n) is 0.966. The maximum atomic E-state index is 10.9. The zero-order valence-corrected chi connectivity index (χ0v) is 8.47. The topological polar surface area (TPSA) is 26.3 Å². The largest absolute Gasteiger partial charge is 0.521 e. The number of hydrogen-bond acceptors (Lipinski definition) is 2. The van der Waals surface area contributed by atoms with Gasteiger partial charge in [-0.2, -0.15) is 0 Å². The van der Waals surface area contributed by atoms with E-state index in [1.807, 2.05) is 20.0 Å². The highest BCUT2D eigenvalue weighted by molar-refractivity contribution is 6.51. The first-order valence-electron chi connectivity index (χ1n) is 3.42. The molecule has 0 aromatic rings. The van der Waals surface area contributed by atoms with Gasteiger partial charge < -0.3 is 4.43 Å². The van der Waals surface area contributed by atoms with Gasteiger partial charge in [0.15, 0.2) is 0 Å². The van der Waals surface area contributed by atoms with Crippen LogP contribution in [0.25, 0.3) is 0 Å². The Kier molecular flexibility index (Phi) is 4.73. The van der Waals surface area contributed by atoms with Crippen LogP contribution in [-0.2, 0) is 9.22 Å². The molecular formula is C6H13ClO2Si. The van der Waals surface area contributed by atoms with Crippen molar-refractivity contribution in [2.45, 2.75) is 31.8 Å². The molecule has 4 heteroatoms. The number of carbonyl (C=O) groups excluding carboxylic acids is 1. The molecule has 10 heavy (non-hydrogen) atoms. The molecule has 0 saturated heterocycles. The summed E-state index contributed by atoms with van der Waals surface area (Å²) in [5.41, 5.74) is 0. The lowest BCUT2D eigenvalue weighted by Gasteiger charge is -2.09. The predicted octanol–water partition coefficient (Wildman–Crippen LogP) is 1.53. The predicted molar refractivity (Wildman–Crippen MR) is 44.9 cm³/mol. The van der Waals surface area contributed by atoms with Gasteiger partial charge in [-0.1, -0.05) is 6.92 Å². The van der Waals surface area contributed by atoms with Crippen molar-refractivity contribution in [2.75, 3.05) is 0 Å². The highest BCUT2D eigenvalue weighted by Gasteiger charge is 2.15. The molecular weight excluding hydrogens is 168 g/mol. The summed E-state index contributed by atoms with van der Waals surface area (Å²) < 4.78 is 4.97. The molecule has 0 aliphatic rings. The Morgan fingerprint density at radius 2 is 2.20 bits per heavy atom. The molecule has 0 aromatic heterocycles. The molecule has 0 saturated carbocycles. The summed E-state index contributed by atoms with van der Waals surface area (Å²) in [6.45, 7) is 5.75. The van der Waals surface area contributed by atoms with Gasteiger partial charge in [-0.05, 0) is 19.5 Å². The van der Waals surface area contributed by atoms with E-state index in [-0.39, 0.29) is 5.97 Å². The summed E-state index contributed by atoms with van der Waals surface area (Å²) in [4.78, 5) is 10.9. The zero-order valence-electron chi connectivity index (χ0n) is 6.56. The third-order valence-corrected chi connectivity index (χ3v) is 2.16. The first-order chi connectivity index (χ1) is 4.57. The van der Waals surface area contributed by atoms with Crippen LogP contribution in [0.5, 0.6) is 0 Å². The molecule has 0 aromatic carbocycles. The number of rotatable bonds is 3. The van der Waals surface area contributed by atoms with Crippen molar-refractivity contribution >= 4 is 26.6 Å². The van der Waals surface area contributed by atoms with E-state index in [0.29, 0.717) is 6.42 Å². The Morgan fingerprint density at radius 1 is 1.70 bits per heavy atom. The van der Waals surface area contributed by atoms with Crippen molar-refractivity contribution < 1.29 is 9.22 Å². The minimum atomic E-state index is -1.23. The molecule has 0 heterocycles. The van der Waals surface area contributed by atoms with Crippen LogP contribution < -0.4 is 0 Å².